The van der Waals surface area contributed by atoms with Gasteiger partial charge in [-0.15, -0.1) is 0 Å². The smallest absolute Gasteiger partial charge is 0.0554 e. The molecular formula is C25H25N. The van der Waals surface area contributed by atoms with Gasteiger partial charge in [0.2, 0.25) is 0 Å². The second-order valence-corrected chi connectivity index (χ2v) is 8.05. The van der Waals surface area contributed by atoms with E-state index in [4.69, 9.17) is 0 Å². The monoisotopic (exact) mass is 339 g/mol. The average molecular weight is 339 g/mol. The minimum absolute atomic E-state index is 0.370. The highest BCUT2D eigenvalue weighted by Crippen LogP contribution is 2.51. The number of allylic oxidation sites excluding steroid dienone is 2. The van der Waals surface area contributed by atoms with Gasteiger partial charge >= 0.3 is 0 Å². The van der Waals surface area contributed by atoms with Crippen LogP contribution in [0.5, 0.6) is 0 Å². The van der Waals surface area contributed by atoms with Crippen molar-refractivity contribution >= 4 is 16.5 Å². The maximum atomic E-state index is 3.94. The van der Waals surface area contributed by atoms with Gasteiger partial charge in [0.25, 0.3) is 0 Å². The molecule has 130 valence electrons. The molecule has 26 heavy (non-hydrogen) atoms. The van der Waals surface area contributed by atoms with Crippen LogP contribution in [-0.2, 0) is 0 Å². The van der Waals surface area contributed by atoms with Crippen LogP contribution in [0.25, 0.3) is 10.8 Å². The van der Waals surface area contributed by atoms with Crippen molar-refractivity contribution in [1.82, 2.24) is 0 Å². The van der Waals surface area contributed by atoms with Crippen LogP contribution in [0.2, 0.25) is 0 Å². The third kappa shape index (κ3) is 2.38. The highest BCUT2D eigenvalue weighted by molar-refractivity contribution is 5.96. The van der Waals surface area contributed by atoms with E-state index in [1.165, 1.54) is 33.2 Å². The summed E-state index contributed by atoms with van der Waals surface area (Å²) in [7, 11) is 0. The molecule has 1 heteroatoms. The van der Waals surface area contributed by atoms with Crippen molar-refractivity contribution in [2.45, 2.75) is 38.1 Å². The van der Waals surface area contributed by atoms with Gasteiger partial charge in [0.1, 0.15) is 0 Å². The van der Waals surface area contributed by atoms with E-state index in [1.807, 2.05) is 0 Å². The summed E-state index contributed by atoms with van der Waals surface area (Å²) in [5.74, 6) is 1.70. The molecule has 3 aromatic rings. The summed E-state index contributed by atoms with van der Waals surface area (Å²) < 4.78 is 0. The van der Waals surface area contributed by atoms with Crippen molar-refractivity contribution in [3.05, 3.63) is 89.5 Å². The van der Waals surface area contributed by atoms with E-state index in [9.17, 15) is 0 Å². The van der Waals surface area contributed by atoms with Crippen LogP contribution < -0.4 is 5.32 Å². The Hall–Kier alpha value is -2.54. The first-order valence-corrected chi connectivity index (χ1v) is 9.77. The quantitative estimate of drug-likeness (QED) is 0.507. The van der Waals surface area contributed by atoms with Gasteiger partial charge in [0.05, 0.1) is 6.04 Å². The van der Waals surface area contributed by atoms with E-state index in [1.54, 1.807) is 0 Å². The Kier molecular flexibility index (Phi) is 3.63. The minimum atomic E-state index is 0.370. The summed E-state index contributed by atoms with van der Waals surface area (Å²) in [6.45, 7) is 4.51. The number of nitrogens with one attached hydrogen (secondary N) is 1. The van der Waals surface area contributed by atoms with Gasteiger partial charge in [0, 0.05) is 17.0 Å². The average Bonchev–Trinajstić information content (AvgIpc) is 3.17. The van der Waals surface area contributed by atoms with Crippen LogP contribution in [0.3, 0.4) is 0 Å². The number of fused-ring (bicyclic) bond motifs is 5. The number of hydrogen-bond donors (Lipinski definition) is 1. The molecule has 5 rings (SSSR count). The first-order chi connectivity index (χ1) is 12.7. The normalized spacial score (nSPS) is 23.7. The van der Waals surface area contributed by atoms with Gasteiger partial charge in [-0.3, -0.25) is 0 Å². The van der Waals surface area contributed by atoms with E-state index in [0.717, 1.165) is 6.42 Å². The lowest BCUT2D eigenvalue weighted by atomic mass is 9.76. The maximum absolute atomic E-state index is 3.94. The lowest BCUT2D eigenvalue weighted by Crippen LogP contribution is -2.29. The zero-order valence-corrected chi connectivity index (χ0v) is 15.4. The predicted octanol–water partition coefficient (Wildman–Crippen LogP) is 6.79. The Morgan fingerprint density at radius 3 is 2.54 bits per heavy atom. The Morgan fingerprint density at radius 2 is 1.73 bits per heavy atom. The minimum Gasteiger partial charge on any atom is -0.377 e. The predicted molar refractivity (Wildman–Crippen MR) is 111 cm³/mol. The molecule has 0 saturated heterocycles. The molecule has 1 heterocycles. The summed E-state index contributed by atoms with van der Waals surface area (Å²) in [6, 6.07) is 23.0. The van der Waals surface area contributed by atoms with Gasteiger partial charge in [-0.1, -0.05) is 86.7 Å². The number of benzene rings is 3. The summed E-state index contributed by atoms with van der Waals surface area (Å²) in [4.78, 5) is 0. The molecule has 1 nitrogen and oxygen atoms in total. The third-order valence-electron chi connectivity index (χ3n) is 6.22. The molecule has 0 aromatic heterocycles. The second kappa shape index (κ2) is 6.02. The van der Waals surface area contributed by atoms with Gasteiger partial charge < -0.3 is 5.32 Å². The van der Waals surface area contributed by atoms with Crippen LogP contribution in [0.15, 0.2) is 72.8 Å². The standard InChI is InChI=1S/C25H25N/c1-16(2)17-10-12-19(13-11-17)24-22-9-5-8-21(22)23-15-14-18-6-3-4-7-20(18)25(23)26-24/h3-8,10-16,21-22,24,26H,9H2,1-2H3/t21-,22+,24+/m1/s1. The molecule has 3 aromatic carbocycles. The second-order valence-electron chi connectivity index (χ2n) is 8.05. The van der Waals surface area contributed by atoms with E-state index in [0.29, 0.717) is 23.8 Å². The number of rotatable bonds is 2. The van der Waals surface area contributed by atoms with Gasteiger partial charge in [-0.05, 0) is 40.3 Å². The van der Waals surface area contributed by atoms with Crippen LogP contribution in [-0.4, -0.2) is 0 Å². The molecule has 0 spiro atoms. The van der Waals surface area contributed by atoms with Gasteiger partial charge in [-0.25, -0.2) is 0 Å². The number of anilines is 1. The SMILES string of the molecule is CC(C)c1ccc([C@@H]2Nc3c(ccc4ccccc34)[C@@H]3C=CC[C@@H]32)cc1. The molecule has 0 saturated carbocycles. The van der Waals surface area contributed by atoms with E-state index in [-0.39, 0.29) is 0 Å². The van der Waals surface area contributed by atoms with Crippen LogP contribution in [0, 0.1) is 5.92 Å². The highest BCUT2D eigenvalue weighted by atomic mass is 15.0. The van der Waals surface area contributed by atoms with Crippen LogP contribution in [0.1, 0.15) is 54.8 Å². The maximum Gasteiger partial charge on any atom is 0.0554 e. The summed E-state index contributed by atoms with van der Waals surface area (Å²) in [5.41, 5.74) is 5.61. The summed E-state index contributed by atoms with van der Waals surface area (Å²) >= 11 is 0. The molecule has 3 atom stereocenters. The molecule has 1 aliphatic heterocycles. The lowest BCUT2D eigenvalue weighted by Gasteiger charge is -2.38. The van der Waals surface area contributed by atoms with Crippen molar-refractivity contribution in [3.8, 4) is 0 Å². The van der Waals surface area contributed by atoms with E-state index in [2.05, 4.69) is 92.0 Å². The summed E-state index contributed by atoms with van der Waals surface area (Å²) in [5, 5.41) is 6.59. The molecule has 0 fully saturated rings. The Balaban J connectivity index is 1.62. The third-order valence-corrected chi connectivity index (χ3v) is 6.22. The van der Waals surface area contributed by atoms with Crippen molar-refractivity contribution < 1.29 is 0 Å². The fourth-order valence-electron chi connectivity index (χ4n) is 4.76. The molecule has 1 N–H and O–H groups in total. The van der Waals surface area contributed by atoms with Crippen molar-refractivity contribution in [2.24, 2.45) is 5.92 Å². The van der Waals surface area contributed by atoms with Crippen LogP contribution in [0.4, 0.5) is 5.69 Å². The zero-order chi connectivity index (χ0) is 17.7. The summed E-state index contributed by atoms with van der Waals surface area (Å²) in [6.07, 6.45) is 5.95. The van der Waals surface area contributed by atoms with E-state index < -0.39 is 0 Å². The molecule has 0 unspecified atom stereocenters. The lowest BCUT2D eigenvalue weighted by molar-refractivity contribution is 0.426. The Morgan fingerprint density at radius 1 is 0.923 bits per heavy atom. The molecule has 2 aliphatic rings. The fourth-order valence-corrected chi connectivity index (χ4v) is 4.76. The molecule has 1 aliphatic carbocycles. The molecular weight excluding hydrogens is 314 g/mol. The Labute approximate surface area is 155 Å². The number of hydrogen-bond acceptors (Lipinski definition) is 1. The zero-order valence-electron chi connectivity index (χ0n) is 15.4. The molecule has 0 bridgehead atoms. The van der Waals surface area contributed by atoms with Crippen molar-refractivity contribution in [2.75, 3.05) is 5.32 Å². The molecule has 0 radical (unpaired) electrons. The van der Waals surface area contributed by atoms with Crippen molar-refractivity contribution in [1.29, 1.82) is 0 Å². The van der Waals surface area contributed by atoms with E-state index >= 15 is 0 Å². The first-order valence-electron chi connectivity index (χ1n) is 9.77. The molecule has 0 amide bonds. The fraction of sp³-hybridized carbons (Fsp3) is 0.280. The van der Waals surface area contributed by atoms with Gasteiger partial charge in [0.15, 0.2) is 0 Å². The first kappa shape index (κ1) is 15.7. The van der Waals surface area contributed by atoms with Crippen LogP contribution >= 0.6 is 0 Å². The topological polar surface area (TPSA) is 12.0 Å². The Bertz CT molecular complexity index is 981. The highest BCUT2D eigenvalue weighted by Gasteiger charge is 2.38. The van der Waals surface area contributed by atoms with Crippen molar-refractivity contribution in [3.63, 3.8) is 0 Å². The largest absolute Gasteiger partial charge is 0.377 e. The van der Waals surface area contributed by atoms with Gasteiger partial charge in [-0.2, -0.15) is 0 Å².